The number of benzene rings is 2. The van der Waals surface area contributed by atoms with Crippen molar-refractivity contribution < 1.29 is 23.8 Å². The Kier molecular flexibility index (Phi) is 3.47. The second-order valence-electron chi connectivity index (χ2n) is 5.86. The number of ether oxygens (including phenoxy) is 2. The van der Waals surface area contributed by atoms with E-state index in [4.69, 9.17) is 19.6 Å². The Morgan fingerprint density at radius 1 is 1.19 bits per heavy atom. The highest BCUT2D eigenvalue weighted by Gasteiger charge is 2.21. The minimum Gasteiger partial charge on any atom is -0.502 e. The van der Waals surface area contributed by atoms with E-state index in [1.54, 1.807) is 37.3 Å². The molecule has 4 rings (SSSR count). The van der Waals surface area contributed by atoms with Gasteiger partial charge >= 0.3 is 6.03 Å². The zero-order chi connectivity index (χ0) is 18.4. The fraction of sp³-hybridized carbons (Fsp3) is 0.111. The molecule has 2 heterocycles. The van der Waals surface area contributed by atoms with Crippen LogP contribution in [0.2, 0.25) is 0 Å². The highest BCUT2D eigenvalue weighted by atomic mass is 16.7. The van der Waals surface area contributed by atoms with Crippen LogP contribution < -0.4 is 26.0 Å². The third-order valence-corrected chi connectivity index (χ3v) is 4.00. The molecule has 0 atom stereocenters. The van der Waals surface area contributed by atoms with E-state index in [1.165, 1.54) is 0 Å². The van der Waals surface area contributed by atoms with Gasteiger partial charge in [-0.15, -0.1) is 0 Å². The number of hydrogen-bond acceptors (Lipinski definition) is 6. The lowest BCUT2D eigenvalue weighted by Crippen LogP contribution is -2.20. The number of aryl methyl sites for hydroxylation is 1. The van der Waals surface area contributed by atoms with Gasteiger partial charge in [0.05, 0.1) is 11.1 Å². The van der Waals surface area contributed by atoms with Crippen LogP contribution in [0.3, 0.4) is 0 Å². The summed E-state index contributed by atoms with van der Waals surface area (Å²) in [4.78, 5) is 23.9. The van der Waals surface area contributed by atoms with Gasteiger partial charge in [-0.3, -0.25) is 4.79 Å². The van der Waals surface area contributed by atoms with Crippen LogP contribution in [0.25, 0.3) is 22.3 Å². The molecule has 0 radical (unpaired) electrons. The molecular weight excluding hydrogens is 340 g/mol. The average molecular weight is 354 g/mol. The molecule has 8 heteroatoms. The van der Waals surface area contributed by atoms with Gasteiger partial charge in [-0.2, -0.15) is 0 Å². The first-order valence-corrected chi connectivity index (χ1v) is 7.71. The van der Waals surface area contributed by atoms with Gasteiger partial charge < -0.3 is 30.0 Å². The summed E-state index contributed by atoms with van der Waals surface area (Å²) in [5, 5.41) is 12.9. The zero-order valence-electron chi connectivity index (χ0n) is 13.7. The summed E-state index contributed by atoms with van der Waals surface area (Å²) >= 11 is 0. The maximum atomic E-state index is 12.6. The van der Waals surface area contributed by atoms with Gasteiger partial charge in [-0.25, -0.2) is 4.79 Å². The molecule has 1 aliphatic heterocycles. The molecule has 3 aromatic rings. The summed E-state index contributed by atoms with van der Waals surface area (Å²) in [5.74, 6) is 0.455. The molecule has 0 fully saturated rings. The van der Waals surface area contributed by atoms with Crippen LogP contribution in [0.15, 0.2) is 39.5 Å². The van der Waals surface area contributed by atoms with Crippen LogP contribution in [0.1, 0.15) is 5.56 Å². The normalized spacial score (nSPS) is 12.3. The largest absolute Gasteiger partial charge is 0.502 e. The fourth-order valence-corrected chi connectivity index (χ4v) is 2.89. The van der Waals surface area contributed by atoms with E-state index in [-0.39, 0.29) is 29.2 Å². The number of fused-ring (bicyclic) bond motifs is 2. The first kappa shape index (κ1) is 15.8. The Labute approximate surface area is 146 Å². The van der Waals surface area contributed by atoms with Crippen LogP contribution in [-0.4, -0.2) is 17.9 Å². The Morgan fingerprint density at radius 2 is 1.96 bits per heavy atom. The molecule has 0 saturated heterocycles. The molecular formula is C18H14N2O6. The van der Waals surface area contributed by atoms with E-state index >= 15 is 0 Å². The Morgan fingerprint density at radius 3 is 2.73 bits per heavy atom. The number of primary amides is 1. The molecule has 132 valence electrons. The van der Waals surface area contributed by atoms with Crippen LogP contribution in [-0.2, 0) is 0 Å². The second kappa shape index (κ2) is 5.69. The minimum absolute atomic E-state index is 0.0443. The molecule has 26 heavy (non-hydrogen) atoms. The molecule has 8 nitrogen and oxygen atoms in total. The van der Waals surface area contributed by atoms with Crippen molar-refractivity contribution in [3.05, 3.63) is 46.1 Å². The number of urea groups is 1. The van der Waals surface area contributed by atoms with Crippen molar-refractivity contribution in [1.29, 1.82) is 0 Å². The number of carbonyl (C=O) groups is 1. The van der Waals surface area contributed by atoms with Gasteiger partial charge in [0.25, 0.3) is 0 Å². The molecule has 0 spiro atoms. The number of nitrogens with one attached hydrogen (secondary N) is 1. The number of anilines is 1. The number of nitrogens with two attached hydrogens (primary N) is 1. The molecule has 0 bridgehead atoms. The van der Waals surface area contributed by atoms with E-state index in [0.717, 1.165) is 0 Å². The van der Waals surface area contributed by atoms with Crippen molar-refractivity contribution >= 4 is 22.7 Å². The number of aromatic hydroxyl groups is 1. The summed E-state index contributed by atoms with van der Waals surface area (Å²) in [6, 6.07) is 7.28. The van der Waals surface area contributed by atoms with Gasteiger partial charge in [0.15, 0.2) is 22.8 Å². The summed E-state index contributed by atoms with van der Waals surface area (Å²) in [7, 11) is 0. The lowest BCUT2D eigenvalue weighted by Gasteiger charge is -2.11. The van der Waals surface area contributed by atoms with Crippen molar-refractivity contribution in [3.8, 4) is 28.6 Å². The standard InChI is InChI=1S/C18H14N2O6/c1-8-4-10-14(21)15(22)16(26-17(10)11(5-8)20-18(19)23)9-2-3-12-13(6-9)25-7-24-12/h2-6,22H,7H2,1H3,(H3,19,20,23). The highest BCUT2D eigenvalue weighted by molar-refractivity contribution is 5.99. The maximum Gasteiger partial charge on any atom is 0.316 e. The smallest absolute Gasteiger partial charge is 0.316 e. The molecule has 1 aromatic heterocycles. The molecule has 0 saturated carbocycles. The topological polar surface area (TPSA) is 124 Å². The average Bonchev–Trinajstić information content (AvgIpc) is 3.05. The number of amides is 2. The molecule has 2 aromatic carbocycles. The van der Waals surface area contributed by atoms with E-state index in [2.05, 4.69) is 5.32 Å². The van der Waals surface area contributed by atoms with E-state index in [9.17, 15) is 14.7 Å². The molecule has 0 aliphatic carbocycles. The van der Waals surface area contributed by atoms with Crippen LogP contribution in [0, 0.1) is 6.92 Å². The zero-order valence-corrected chi connectivity index (χ0v) is 13.7. The third-order valence-electron chi connectivity index (χ3n) is 4.00. The van der Waals surface area contributed by atoms with E-state index in [0.29, 0.717) is 22.6 Å². The molecule has 2 amide bonds. The quantitative estimate of drug-likeness (QED) is 0.650. The number of carbonyl (C=O) groups excluding carboxylic acids is 1. The second-order valence-corrected chi connectivity index (χ2v) is 5.86. The van der Waals surface area contributed by atoms with Crippen LogP contribution in [0.4, 0.5) is 10.5 Å². The van der Waals surface area contributed by atoms with Gasteiger partial charge in [0, 0.05) is 5.56 Å². The van der Waals surface area contributed by atoms with Crippen molar-refractivity contribution in [1.82, 2.24) is 0 Å². The van der Waals surface area contributed by atoms with Gasteiger partial charge in [0.1, 0.15) is 0 Å². The van der Waals surface area contributed by atoms with Crippen molar-refractivity contribution in [2.24, 2.45) is 5.73 Å². The Hall–Kier alpha value is -3.68. The van der Waals surface area contributed by atoms with E-state index < -0.39 is 17.2 Å². The first-order valence-electron chi connectivity index (χ1n) is 7.71. The predicted molar refractivity (Wildman–Crippen MR) is 93.7 cm³/mol. The van der Waals surface area contributed by atoms with Crippen molar-refractivity contribution in [3.63, 3.8) is 0 Å². The maximum absolute atomic E-state index is 12.6. The Bertz CT molecular complexity index is 1120. The lowest BCUT2D eigenvalue weighted by molar-refractivity contribution is 0.174. The van der Waals surface area contributed by atoms with Gasteiger partial charge in [-0.1, -0.05) is 0 Å². The summed E-state index contributed by atoms with van der Waals surface area (Å²) < 4.78 is 16.4. The van der Waals surface area contributed by atoms with Crippen LogP contribution >= 0.6 is 0 Å². The van der Waals surface area contributed by atoms with E-state index in [1.807, 2.05) is 0 Å². The van der Waals surface area contributed by atoms with Crippen molar-refractivity contribution in [2.75, 3.05) is 12.1 Å². The lowest BCUT2D eigenvalue weighted by atomic mass is 10.1. The number of rotatable bonds is 2. The number of hydrogen-bond donors (Lipinski definition) is 3. The molecule has 4 N–H and O–H groups in total. The monoisotopic (exact) mass is 354 g/mol. The molecule has 0 unspecified atom stereocenters. The summed E-state index contributed by atoms with van der Waals surface area (Å²) in [6.07, 6.45) is 0. The van der Waals surface area contributed by atoms with Crippen LogP contribution in [0.5, 0.6) is 17.2 Å². The SMILES string of the molecule is Cc1cc(NC(N)=O)c2oc(-c3ccc4c(c3)OCO4)c(O)c(=O)c2c1. The first-order chi connectivity index (χ1) is 12.4. The minimum atomic E-state index is -0.794. The summed E-state index contributed by atoms with van der Waals surface area (Å²) in [5.41, 5.74) is 6.06. The van der Waals surface area contributed by atoms with Gasteiger partial charge in [-0.05, 0) is 42.8 Å². The highest BCUT2D eigenvalue weighted by Crippen LogP contribution is 2.39. The van der Waals surface area contributed by atoms with Gasteiger partial charge in [0.2, 0.25) is 18.0 Å². The fourth-order valence-electron chi connectivity index (χ4n) is 2.89. The molecule has 1 aliphatic rings. The summed E-state index contributed by atoms with van der Waals surface area (Å²) in [6.45, 7) is 1.84. The predicted octanol–water partition coefficient (Wildman–Crippen LogP) is 2.69. The van der Waals surface area contributed by atoms with Crippen molar-refractivity contribution in [2.45, 2.75) is 6.92 Å². The third kappa shape index (κ3) is 2.48. The Balaban J connectivity index is 1.99.